The molecule has 1 rings (SSSR count). The van der Waals surface area contributed by atoms with E-state index < -0.39 is 0 Å². The summed E-state index contributed by atoms with van der Waals surface area (Å²) in [6.07, 6.45) is 1.68. The molecule has 1 aromatic heterocycles. The minimum absolute atomic E-state index is 0.235. The van der Waals surface area contributed by atoms with E-state index in [4.69, 9.17) is 16.9 Å². The monoisotopic (exact) mass is 172 g/mol. The summed E-state index contributed by atoms with van der Waals surface area (Å²) in [7, 11) is 0. The molecule has 0 bridgehead atoms. The van der Waals surface area contributed by atoms with Gasteiger partial charge in [0.15, 0.2) is 0 Å². The molecule has 0 aliphatic carbocycles. The first kappa shape index (κ1) is 7.52. The highest BCUT2D eigenvalue weighted by Gasteiger charge is 2.10. The van der Waals surface area contributed by atoms with E-state index in [0.717, 1.165) is 5.01 Å². The fraction of sp³-hybridized carbons (Fsp3) is 0.333. The predicted molar refractivity (Wildman–Crippen MR) is 41.2 cm³/mol. The van der Waals surface area contributed by atoms with Gasteiger partial charge in [0, 0.05) is 17.5 Å². The molecule has 0 aromatic carbocycles. The fourth-order valence-electron chi connectivity index (χ4n) is 0.562. The van der Waals surface area contributed by atoms with E-state index in [2.05, 4.69) is 11.1 Å². The molecule has 0 saturated heterocycles. The highest BCUT2D eigenvalue weighted by molar-refractivity contribution is 7.09. The van der Waals surface area contributed by atoms with Crippen LogP contribution in [0.2, 0.25) is 0 Å². The third kappa shape index (κ3) is 1.47. The first-order valence-corrected chi connectivity index (χ1v) is 4.15. The Morgan fingerprint density at radius 1 is 1.90 bits per heavy atom. The van der Waals surface area contributed by atoms with Crippen LogP contribution in [-0.4, -0.2) is 10.9 Å². The van der Waals surface area contributed by atoms with Crippen LogP contribution < -0.4 is 0 Å². The molecular formula is C6H5ClN2S. The Kier molecular flexibility index (Phi) is 2.67. The lowest BCUT2D eigenvalue weighted by molar-refractivity contribution is 0.967. The van der Waals surface area contributed by atoms with Crippen molar-refractivity contribution in [2.45, 2.75) is 5.92 Å². The summed E-state index contributed by atoms with van der Waals surface area (Å²) < 4.78 is 0. The van der Waals surface area contributed by atoms with Crippen LogP contribution >= 0.6 is 22.9 Å². The molecule has 0 spiro atoms. The van der Waals surface area contributed by atoms with Crippen LogP contribution in [0.3, 0.4) is 0 Å². The first-order chi connectivity index (χ1) is 4.88. The van der Waals surface area contributed by atoms with Crippen molar-refractivity contribution in [2.75, 3.05) is 5.88 Å². The second kappa shape index (κ2) is 3.55. The van der Waals surface area contributed by atoms with E-state index in [1.807, 2.05) is 5.38 Å². The summed E-state index contributed by atoms with van der Waals surface area (Å²) in [5.74, 6) is 0.0889. The molecule has 0 aliphatic rings. The molecule has 1 atom stereocenters. The predicted octanol–water partition coefficient (Wildman–Crippen LogP) is 1.99. The van der Waals surface area contributed by atoms with Gasteiger partial charge >= 0.3 is 0 Å². The van der Waals surface area contributed by atoms with Crippen LogP contribution in [-0.2, 0) is 0 Å². The van der Waals surface area contributed by atoms with E-state index in [1.165, 1.54) is 11.3 Å². The molecule has 0 aliphatic heterocycles. The molecule has 0 N–H and O–H groups in total. The van der Waals surface area contributed by atoms with Crippen LogP contribution in [0.1, 0.15) is 10.9 Å². The summed E-state index contributed by atoms with van der Waals surface area (Å²) in [5, 5.41) is 11.2. The van der Waals surface area contributed by atoms with E-state index in [-0.39, 0.29) is 5.92 Å². The second-order valence-electron chi connectivity index (χ2n) is 1.71. The van der Waals surface area contributed by atoms with Crippen LogP contribution in [0.15, 0.2) is 11.6 Å². The average Bonchev–Trinajstić information content (AvgIpc) is 2.43. The SMILES string of the molecule is N#CC(CCl)c1nccs1. The zero-order valence-corrected chi connectivity index (χ0v) is 6.69. The number of rotatable bonds is 2. The van der Waals surface area contributed by atoms with Gasteiger partial charge in [0.05, 0.1) is 6.07 Å². The smallest absolute Gasteiger partial charge is 0.111 e. The topological polar surface area (TPSA) is 36.7 Å². The van der Waals surface area contributed by atoms with Crippen molar-refractivity contribution in [3.8, 4) is 6.07 Å². The van der Waals surface area contributed by atoms with Gasteiger partial charge in [-0.3, -0.25) is 0 Å². The molecule has 0 amide bonds. The van der Waals surface area contributed by atoms with Crippen LogP contribution in [0.4, 0.5) is 0 Å². The average molecular weight is 173 g/mol. The largest absolute Gasteiger partial charge is 0.248 e. The van der Waals surface area contributed by atoms with Gasteiger partial charge in [0.25, 0.3) is 0 Å². The lowest BCUT2D eigenvalue weighted by Crippen LogP contribution is -1.94. The number of nitrogens with zero attached hydrogens (tertiary/aromatic N) is 2. The van der Waals surface area contributed by atoms with Crippen molar-refractivity contribution in [2.24, 2.45) is 0 Å². The molecule has 0 fully saturated rings. The molecular weight excluding hydrogens is 168 g/mol. The molecule has 0 radical (unpaired) electrons. The van der Waals surface area contributed by atoms with Gasteiger partial charge in [-0.05, 0) is 0 Å². The van der Waals surface area contributed by atoms with Crippen molar-refractivity contribution in [3.63, 3.8) is 0 Å². The number of halogens is 1. The molecule has 2 nitrogen and oxygen atoms in total. The maximum absolute atomic E-state index is 8.53. The van der Waals surface area contributed by atoms with Gasteiger partial charge in [0.2, 0.25) is 0 Å². The Labute approximate surface area is 68.1 Å². The van der Waals surface area contributed by atoms with Crippen molar-refractivity contribution < 1.29 is 0 Å². The van der Waals surface area contributed by atoms with Gasteiger partial charge in [-0.25, -0.2) is 4.98 Å². The van der Waals surface area contributed by atoms with E-state index >= 15 is 0 Å². The van der Waals surface area contributed by atoms with Crippen LogP contribution in [0.25, 0.3) is 0 Å². The number of thiazole rings is 1. The lowest BCUT2D eigenvalue weighted by Gasteiger charge is -1.96. The van der Waals surface area contributed by atoms with E-state index in [0.29, 0.717) is 5.88 Å². The van der Waals surface area contributed by atoms with Crippen LogP contribution in [0, 0.1) is 11.3 Å². The summed E-state index contributed by atoms with van der Waals surface area (Å²) in [6.45, 7) is 0. The number of alkyl halides is 1. The summed E-state index contributed by atoms with van der Waals surface area (Å²) in [5.41, 5.74) is 0. The Morgan fingerprint density at radius 2 is 2.70 bits per heavy atom. The summed E-state index contributed by atoms with van der Waals surface area (Å²) >= 11 is 6.97. The normalized spacial score (nSPS) is 12.4. The third-order valence-electron chi connectivity index (χ3n) is 1.06. The van der Waals surface area contributed by atoms with Gasteiger partial charge in [0.1, 0.15) is 10.9 Å². The summed E-state index contributed by atoms with van der Waals surface area (Å²) in [4.78, 5) is 3.97. The third-order valence-corrected chi connectivity index (χ3v) is 2.26. The molecule has 52 valence electrons. The molecule has 4 heteroatoms. The Balaban J connectivity index is 2.76. The molecule has 1 heterocycles. The van der Waals surface area contributed by atoms with Crippen molar-refractivity contribution in [3.05, 3.63) is 16.6 Å². The van der Waals surface area contributed by atoms with E-state index in [1.54, 1.807) is 6.20 Å². The quantitative estimate of drug-likeness (QED) is 0.640. The highest BCUT2D eigenvalue weighted by atomic mass is 35.5. The number of nitriles is 1. The molecule has 1 unspecified atom stereocenters. The maximum atomic E-state index is 8.53. The van der Waals surface area contributed by atoms with E-state index in [9.17, 15) is 0 Å². The van der Waals surface area contributed by atoms with Crippen molar-refractivity contribution in [1.82, 2.24) is 4.98 Å². The van der Waals surface area contributed by atoms with Gasteiger partial charge in [-0.2, -0.15) is 5.26 Å². The molecule has 1 aromatic rings. The Morgan fingerprint density at radius 3 is 3.10 bits per heavy atom. The van der Waals surface area contributed by atoms with Crippen LogP contribution in [0.5, 0.6) is 0 Å². The zero-order chi connectivity index (χ0) is 7.40. The minimum Gasteiger partial charge on any atom is -0.248 e. The number of aromatic nitrogens is 1. The zero-order valence-electron chi connectivity index (χ0n) is 5.12. The van der Waals surface area contributed by atoms with Gasteiger partial charge in [-0.1, -0.05) is 0 Å². The highest BCUT2D eigenvalue weighted by Crippen LogP contribution is 2.17. The van der Waals surface area contributed by atoms with Crippen molar-refractivity contribution >= 4 is 22.9 Å². The standard InChI is InChI=1S/C6H5ClN2S/c7-3-5(4-8)6-9-1-2-10-6/h1-2,5H,3H2. The lowest BCUT2D eigenvalue weighted by atomic mass is 10.2. The van der Waals surface area contributed by atoms with Gasteiger partial charge < -0.3 is 0 Å². The first-order valence-electron chi connectivity index (χ1n) is 2.73. The Hall–Kier alpha value is -0.590. The second-order valence-corrected chi connectivity index (χ2v) is 2.94. The maximum Gasteiger partial charge on any atom is 0.111 e. The Bertz CT molecular complexity index is 226. The molecule has 10 heavy (non-hydrogen) atoms. The summed E-state index contributed by atoms with van der Waals surface area (Å²) in [6, 6.07) is 2.07. The number of hydrogen-bond acceptors (Lipinski definition) is 3. The van der Waals surface area contributed by atoms with Gasteiger partial charge in [-0.15, -0.1) is 22.9 Å². The fourth-order valence-corrected chi connectivity index (χ4v) is 1.55. The van der Waals surface area contributed by atoms with Crippen molar-refractivity contribution in [1.29, 1.82) is 5.26 Å². The minimum atomic E-state index is -0.235. The number of hydrogen-bond donors (Lipinski definition) is 0. The molecule has 0 saturated carbocycles.